The third-order valence-electron chi connectivity index (χ3n) is 2.57. The van der Waals surface area contributed by atoms with Crippen LogP contribution in [0.5, 0.6) is 5.75 Å². The fourth-order valence-electron chi connectivity index (χ4n) is 1.62. The lowest BCUT2D eigenvalue weighted by Gasteiger charge is -2.18. The summed E-state index contributed by atoms with van der Waals surface area (Å²) in [7, 11) is -1.49. The van der Waals surface area contributed by atoms with Crippen molar-refractivity contribution in [1.29, 1.82) is 0 Å². The van der Waals surface area contributed by atoms with Crippen molar-refractivity contribution < 1.29 is 23.2 Å². The van der Waals surface area contributed by atoms with Crippen LogP contribution in [0.3, 0.4) is 0 Å². The van der Waals surface area contributed by atoms with Gasteiger partial charge in [0.05, 0.1) is 24.2 Å². The van der Waals surface area contributed by atoms with Crippen molar-refractivity contribution in [2.45, 2.75) is 17.9 Å². The van der Waals surface area contributed by atoms with Crippen molar-refractivity contribution >= 4 is 15.7 Å². The van der Waals surface area contributed by atoms with Crippen molar-refractivity contribution in [3.63, 3.8) is 0 Å². The van der Waals surface area contributed by atoms with Crippen LogP contribution in [0.1, 0.15) is 6.92 Å². The summed E-state index contributed by atoms with van der Waals surface area (Å²) in [6.07, 6.45) is -0.882. The van der Waals surface area contributed by atoms with E-state index in [1.165, 1.54) is 27.1 Å². The molecule has 112 valence electrons. The van der Waals surface area contributed by atoms with Gasteiger partial charge in [0.2, 0.25) is 10.0 Å². The predicted octanol–water partition coefficient (Wildman–Crippen LogP) is 0.605. The maximum atomic E-state index is 12.3. The van der Waals surface area contributed by atoms with Crippen LogP contribution in [0.25, 0.3) is 0 Å². The molecular weight excluding hydrogens is 288 g/mol. The van der Waals surface area contributed by atoms with Gasteiger partial charge < -0.3 is 9.84 Å². The quantitative estimate of drug-likeness (QED) is 0.609. The number of aliphatic hydroxyl groups excluding tert-OH is 1. The molecule has 0 amide bonds. The van der Waals surface area contributed by atoms with Crippen molar-refractivity contribution in [2.75, 3.05) is 20.7 Å². The number of nitrogens with zero attached hydrogens (tertiary/aromatic N) is 2. The van der Waals surface area contributed by atoms with E-state index in [9.17, 15) is 23.6 Å². The molecule has 0 aliphatic carbocycles. The summed E-state index contributed by atoms with van der Waals surface area (Å²) in [5, 5.41) is 20.2. The molecule has 1 unspecified atom stereocenters. The van der Waals surface area contributed by atoms with E-state index in [0.717, 1.165) is 16.4 Å². The normalized spacial score (nSPS) is 13.2. The summed E-state index contributed by atoms with van der Waals surface area (Å²) in [5.41, 5.74) is -0.568. The second kappa shape index (κ2) is 6.16. The number of hydrogen-bond acceptors (Lipinski definition) is 6. The Balaban J connectivity index is 3.34. The lowest BCUT2D eigenvalue weighted by atomic mass is 10.3. The fourth-order valence-corrected chi connectivity index (χ4v) is 3.01. The van der Waals surface area contributed by atoms with Crippen molar-refractivity contribution in [2.24, 2.45) is 0 Å². The van der Waals surface area contributed by atoms with Gasteiger partial charge in [0.25, 0.3) is 5.69 Å². The zero-order valence-corrected chi connectivity index (χ0v) is 12.1. The van der Waals surface area contributed by atoms with E-state index in [1.807, 2.05) is 0 Å². The highest BCUT2D eigenvalue weighted by molar-refractivity contribution is 7.89. The molecule has 0 heterocycles. The zero-order valence-electron chi connectivity index (χ0n) is 11.3. The van der Waals surface area contributed by atoms with E-state index in [4.69, 9.17) is 4.74 Å². The monoisotopic (exact) mass is 304 g/mol. The molecule has 0 aromatic heterocycles. The van der Waals surface area contributed by atoms with Crippen LogP contribution in [0.4, 0.5) is 5.69 Å². The van der Waals surface area contributed by atoms with Gasteiger partial charge >= 0.3 is 0 Å². The maximum absolute atomic E-state index is 12.3. The molecule has 1 aromatic rings. The van der Waals surface area contributed by atoms with Gasteiger partial charge in [-0.15, -0.1) is 0 Å². The highest BCUT2D eigenvalue weighted by atomic mass is 32.2. The minimum absolute atomic E-state index is 0.161. The Hall–Kier alpha value is -1.71. The fraction of sp³-hybridized carbons (Fsp3) is 0.455. The van der Waals surface area contributed by atoms with Gasteiger partial charge in [-0.25, -0.2) is 8.42 Å². The molecule has 0 aliphatic heterocycles. The summed E-state index contributed by atoms with van der Waals surface area (Å²) in [6.45, 7) is 1.26. The molecule has 0 bridgehead atoms. The molecule has 1 rings (SSSR count). The van der Waals surface area contributed by atoms with Crippen LogP contribution in [0.2, 0.25) is 0 Å². The van der Waals surface area contributed by atoms with E-state index in [1.54, 1.807) is 0 Å². The average molecular weight is 304 g/mol. The Labute approximate surface area is 116 Å². The largest absolute Gasteiger partial charge is 0.497 e. The Morgan fingerprint density at radius 1 is 1.50 bits per heavy atom. The number of methoxy groups -OCH3 is 1. The topological polar surface area (TPSA) is 110 Å². The van der Waals surface area contributed by atoms with Crippen LogP contribution in [-0.4, -0.2) is 49.6 Å². The minimum Gasteiger partial charge on any atom is -0.497 e. The second-order valence-corrected chi connectivity index (χ2v) is 6.24. The van der Waals surface area contributed by atoms with Crippen LogP contribution < -0.4 is 4.74 Å². The van der Waals surface area contributed by atoms with Crippen molar-refractivity contribution in [3.8, 4) is 5.75 Å². The molecule has 0 saturated heterocycles. The third-order valence-corrected chi connectivity index (χ3v) is 4.44. The summed E-state index contributed by atoms with van der Waals surface area (Å²) in [4.78, 5) is 9.77. The number of sulfonamides is 1. The molecular formula is C11H16N2O6S. The smallest absolute Gasteiger partial charge is 0.293 e. The number of nitro benzene ring substituents is 1. The molecule has 8 nitrogen and oxygen atoms in total. The van der Waals surface area contributed by atoms with Crippen LogP contribution in [0, 0.1) is 10.1 Å². The van der Waals surface area contributed by atoms with E-state index in [2.05, 4.69) is 0 Å². The first-order valence-corrected chi connectivity index (χ1v) is 7.11. The number of benzene rings is 1. The summed E-state index contributed by atoms with van der Waals surface area (Å²) in [5.74, 6) is 0.189. The Morgan fingerprint density at radius 2 is 2.10 bits per heavy atom. The van der Waals surface area contributed by atoms with Gasteiger partial charge in [-0.1, -0.05) is 0 Å². The highest BCUT2D eigenvalue weighted by Gasteiger charge is 2.30. The number of nitro groups is 1. The Kier molecular flexibility index (Phi) is 5.03. The van der Waals surface area contributed by atoms with Gasteiger partial charge in [0.1, 0.15) is 5.75 Å². The van der Waals surface area contributed by atoms with Gasteiger partial charge in [0, 0.05) is 13.6 Å². The van der Waals surface area contributed by atoms with Crippen LogP contribution in [-0.2, 0) is 10.0 Å². The molecule has 0 saturated carbocycles. The molecule has 1 N–H and O–H groups in total. The first-order valence-electron chi connectivity index (χ1n) is 5.67. The molecule has 1 atom stereocenters. The maximum Gasteiger partial charge on any atom is 0.293 e. The van der Waals surface area contributed by atoms with Crippen molar-refractivity contribution in [3.05, 3.63) is 28.3 Å². The number of rotatable bonds is 6. The third kappa shape index (κ3) is 3.44. The predicted molar refractivity (Wildman–Crippen MR) is 71.1 cm³/mol. The molecule has 20 heavy (non-hydrogen) atoms. The van der Waals surface area contributed by atoms with E-state index in [-0.39, 0.29) is 12.3 Å². The molecule has 0 radical (unpaired) electrons. The number of aliphatic hydroxyl groups is 1. The molecule has 1 aromatic carbocycles. The Morgan fingerprint density at radius 3 is 2.55 bits per heavy atom. The lowest BCUT2D eigenvalue weighted by molar-refractivity contribution is -0.387. The first kappa shape index (κ1) is 16.3. The lowest BCUT2D eigenvalue weighted by Crippen LogP contribution is -2.33. The van der Waals surface area contributed by atoms with Gasteiger partial charge in [-0.2, -0.15) is 4.31 Å². The van der Waals surface area contributed by atoms with E-state index in [0.29, 0.717) is 0 Å². The van der Waals surface area contributed by atoms with Crippen LogP contribution >= 0.6 is 0 Å². The average Bonchev–Trinajstić information content (AvgIpc) is 2.36. The SMILES string of the molecule is COc1ccc(S(=O)(=O)N(C)CC(C)O)c([N+](=O)[O-])c1. The molecule has 0 fully saturated rings. The number of likely N-dealkylation sites (N-methyl/N-ethyl adjacent to an activating group) is 1. The Bertz CT molecular complexity index is 599. The molecule has 0 spiro atoms. The highest BCUT2D eigenvalue weighted by Crippen LogP contribution is 2.30. The van der Waals surface area contributed by atoms with Crippen LogP contribution in [0.15, 0.2) is 23.1 Å². The van der Waals surface area contributed by atoms with Gasteiger partial charge in [-0.05, 0) is 19.1 Å². The number of ether oxygens (including phenoxy) is 1. The second-order valence-electron chi connectivity index (χ2n) is 4.23. The van der Waals surface area contributed by atoms with Gasteiger partial charge in [0.15, 0.2) is 4.90 Å². The first-order chi connectivity index (χ1) is 9.20. The summed E-state index contributed by atoms with van der Waals surface area (Å²) in [6, 6.07) is 3.49. The van der Waals surface area contributed by atoms with Gasteiger partial charge in [-0.3, -0.25) is 10.1 Å². The summed E-state index contributed by atoms with van der Waals surface area (Å²) >= 11 is 0. The van der Waals surface area contributed by atoms with E-state index < -0.39 is 31.6 Å². The zero-order chi connectivity index (χ0) is 15.5. The van der Waals surface area contributed by atoms with E-state index >= 15 is 0 Å². The van der Waals surface area contributed by atoms with Crippen molar-refractivity contribution in [1.82, 2.24) is 4.31 Å². The standard InChI is InChI=1S/C11H16N2O6S/c1-8(14)7-12(2)20(17,18)11-5-4-9(19-3)6-10(11)13(15)16/h4-6,8,14H,7H2,1-3H3. The minimum atomic E-state index is -4.06. The molecule has 0 aliphatic rings. The molecule has 9 heteroatoms. The number of hydrogen-bond donors (Lipinski definition) is 1. The summed E-state index contributed by atoms with van der Waals surface area (Å²) < 4.78 is 30.2.